The van der Waals surface area contributed by atoms with E-state index >= 15 is 0 Å². The van der Waals surface area contributed by atoms with Gasteiger partial charge in [-0.05, 0) is 30.4 Å². The van der Waals surface area contributed by atoms with Gasteiger partial charge < -0.3 is 14.7 Å². The molecule has 1 unspecified atom stereocenters. The molecule has 5 heteroatoms. The monoisotopic (exact) mass is 277 g/mol. The molecule has 5 nitrogen and oxygen atoms in total. The zero-order valence-electron chi connectivity index (χ0n) is 11.8. The van der Waals surface area contributed by atoms with Gasteiger partial charge in [-0.15, -0.1) is 0 Å². The number of rotatable bonds is 3. The average Bonchev–Trinajstić information content (AvgIpc) is 2.56. The lowest BCUT2D eigenvalue weighted by molar-refractivity contribution is -0.138. The van der Waals surface area contributed by atoms with E-state index in [2.05, 4.69) is 0 Å². The minimum Gasteiger partial charge on any atom is -0.495 e. The van der Waals surface area contributed by atoms with Crippen molar-refractivity contribution in [3.63, 3.8) is 0 Å². The fourth-order valence-corrected chi connectivity index (χ4v) is 2.78. The Morgan fingerprint density at radius 1 is 1.45 bits per heavy atom. The maximum absolute atomic E-state index is 11.9. The molecule has 0 aromatic heterocycles. The number of carboxylic acids is 1. The third-order valence-corrected chi connectivity index (χ3v) is 3.69. The van der Waals surface area contributed by atoms with Crippen LogP contribution < -0.4 is 9.64 Å². The Balaban J connectivity index is 2.41. The average molecular weight is 277 g/mol. The van der Waals surface area contributed by atoms with E-state index in [1.165, 1.54) is 6.92 Å². The summed E-state index contributed by atoms with van der Waals surface area (Å²) in [5, 5.41) is 8.98. The van der Waals surface area contributed by atoms with Crippen LogP contribution in [-0.4, -0.2) is 30.6 Å². The second kappa shape index (κ2) is 5.94. The molecule has 1 N–H and O–H groups in total. The normalized spacial score (nSPS) is 18.1. The van der Waals surface area contributed by atoms with Crippen molar-refractivity contribution in [2.45, 2.75) is 26.2 Å². The summed E-state index contributed by atoms with van der Waals surface area (Å²) in [6.45, 7) is 2.05. The molecule has 1 aromatic carbocycles. The highest BCUT2D eigenvalue weighted by Crippen LogP contribution is 2.37. The van der Waals surface area contributed by atoms with Crippen molar-refractivity contribution < 1.29 is 19.4 Å². The number of ether oxygens (including phenoxy) is 1. The Hall–Kier alpha value is -2.04. The maximum Gasteiger partial charge on any atom is 0.303 e. The van der Waals surface area contributed by atoms with E-state index in [9.17, 15) is 9.59 Å². The molecule has 108 valence electrons. The number of aliphatic carboxylic acids is 1. The zero-order chi connectivity index (χ0) is 14.7. The van der Waals surface area contributed by atoms with Crippen molar-refractivity contribution >= 4 is 17.6 Å². The Labute approximate surface area is 118 Å². The number of benzene rings is 1. The van der Waals surface area contributed by atoms with Gasteiger partial charge in [-0.2, -0.15) is 0 Å². The largest absolute Gasteiger partial charge is 0.495 e. The predicted molar refractivity (Wildman–Crippen MR) is 75.1 cm³/mol. The number of anilines is 1. The number of hydrogen-bond acceptors (Lipinski definition) is 3. The molecule has 0 radical (unpaired) electrons. The van der Waals surface area contributed by atoms with Crippen LogP contribution in [0.5, 0.6) is 5.75 Å². The molecule has 1 amide bonds. The maximum atomic E-state index is 11.9. The fourth-order valence-electron chi connectivity index (χ4n) is 2.78. The van der Waals surface area contributed by atoms with Gasteiger partial charge in [0.05, 0.1) is 12.8 Å². The van der Waals surface area contributed by atoms with E-state index in [4.69, 9.17) is 9.84 Å². The van der Waals surface area contributed by atoms with Gasteiger partial charge in [0, 0.05) is 19.9 Å². The van der Waals surface area contributed by atoms with Gasteiger partial charge in [0.15, 0.2) is 0 Å². The Kier molecular flexibility index (Phi) is 4.27. The summed E-state index contributed by atoms with van der Waals surface area (Å²) < 4.78 is 5.35. The molecule has 1 aromatic rings. The van der Waals surface area contributed by atoms with Gasteiger partial charge in [-0.1, -0.05) is 12.1 Å². The number of fused-ring (bicyclic) bond motifs is 1. The van der Waals surface area contributed by atoms with Crippen molar-refractivity contribution in [3.05, 3.63) is 23.8 Å². The first-order valence-electron chi connectivity index (χ1n) is 6.68. The third-order valence-electron chi connectivity index (χ3n) is 3.69. The molecule has 1 heterocycles. The zero-order valence-corrected chi connectivity index (χ0v) is 11.8. The molecule has 0 bridgehead atoms. The van der Waals surface area contributed by atoms with E-state index in [1.807, 2.05) is 18.2 Å². The van der Waals surface area contributed by atoms with Crippen LogP contribution in [0.2, 0.25) is 0 Å². The van der Waals surface area contributed by atoms with E-state index in [0.29, 0.717) is 25.1 Å². The Morgan fingerprint density at radius 2 is 2.20 bits per heavy atom. The van der Waals surface area contributed by atoms with Crippen LogP contribution in [0.4, 0.5) is 5.69 Å². The number of hydrogen-bond donors (Lipinski definition) is 1. The topological polar surface area (TPSA) is 66.8 Å². The molecular formula is C15H19NO4. The molecule has 0 spiro atoms. The number of carbonyl (C=O) groups excluding carboxylic acids is 1. The van der Waals surface area contributed by atoms with Gasteiger partial charge in [0.2, 0.25) is 5.91 Å². The minimum atomic E-state index is -0.796. The van der Waals surface area contributed by atoms with Crippen LogP contribution in [-0.2, 0) is 16.0 Å². The lowest BCUT2D eigenvalue weighted by atomic mass is 9.94. The van der Waals surface area contributed by atoms with Crippen molar-refractivity contribution in [3.8, 4) is 5.75 Å². The smallest absolute Gasteiger partial charge is 0.303 e. The lowest BCUT2D eigenvalue weighted by Crippen LogP contribution is -2.30. The highest BCUT2D eigenvalue weighted by Gasteiger charge is 2.27. The van der Waals surface area contributed by atoms with E-state index in [1.54, 1.807) is 12.0 Å². The van der Waals surface area contributed by atoms with E-state index in [-0.39, 0.29) is 18.2 Å². The predicted octanol–water partition coefficient (Wildman–Crippen LogP) is 2.09. The number of carbonyl (C=O) groups is 2. The quantitative estimate of drug-likeness (QED) is 0.918. The van der Waals surface area contributed by atoms with Crippen LogP contribution in [0.15, 0.2) is 18.2 Å². The van der Waals surface area contributed by atoms with Crippen molar-refractivity contribution in [1.29, 1.82) is 0 Å². The van der Waals surface area contributed by atoms with Gasteiger partial charge in [-0.25, -0.2) is 0 Å². The Morgan fingerprint density at radius 3 is 2.80 bits per heavy atom. The minimum absolute atomic E-state index is 0.0442. The summed E-state index contributed by atoms with van der Waals surface area (Å²) in [6.07, 6.45) is 1.47. The van der Waals surface area contributed by atoms with E-state index in [0.717, 1.165) is 11.3 Å². The summed E-state index contributed by atoms with van der Waals surface area (Å²) in [5.74, 6) is -0.140. The van der Waals surface area contributed by atoms with Gasteiger partial charge in [0.25, 0.3) is 0 Å². The van der Waals surface area contributed by atoms with Gasteiger partial charge in [-0.3, -0.25) is 9.59 Å². The highest BCUT2D eigenvalue weighted by molar-refractivity contribution is 5.94. The number of nitrogens with zero attached hydrogens (tertiary/aromatic N) is 1. The third kappa shape index (κ3) is 2.92. The molecule has 0 aliphatic carbocycles. The summed E-state index contributed by atoms with van der Waals surface area (Å²) in [7, 11) is 1.58. The molecule has 1 atom stereocenters. The van der Waals surface area contributed by atoms with Crippen molar-refractivity contribution in [2.24, 2.45) is 5.92 Å². The summed E-state index contributed by atoms with van der Waals surface area (Å²) in [6, 6.07) is 5.64. The second-order valence-corrected chi connectivity index (χ2v) is 5.10. The molecular weight excluding hydrogens is 258 g/mol. The standard InChI is InChI=1S/C15H19NO4/c1-10(17)16-7-6-11(9-14(18)19)8-12-4-3-5-13(20-2)15(12)16/h3-5,11H,6-9H2,1-2H3,(H,18,19). The lowest BCUT2D eigenvalue weighted by Gasteiger charge is -2.23. The summed E-state index contributed by atoms with van der Waals surface area (Å²) in [4.78, 5) is 24.5. The number of carboxylic acid groups (broad SMARTS) is 1. The molecule has 2 rings (SSSR count). The molecule has 0 saturated carbocycles. The molecule has 0 fully saturated rings. The number of amides is 1. The first-order chi connectivity index (χ1) is 9.52. The van der Waals surface area contributed by atoms with Crippen LogP contribution in [0.3, 0.4) is 0 Å². The van der Waals surface area contributed by atoms with Gasteiger partial charge >= 0.3 is 5.97 Å². The Bertz CT molecular complexity index is 527. The van der Waals surface area contributed by atoms with Crippen LogP contribution in [0.25, 0.3) is 0 Å². The fraction of sp³-hybridized carbons (Fsp3) is 0.467. The van der Waals surface area contributed by atoms with Crippen LogP contribution >= 0.6 is 0 Å². The first kappa shape index (κ1) is 14.4. The second-order valence-electron chi connectivity index (χ2n) is 5.10. The SMILES string of the molecule is COc1cccc2c1N(C(C)=O)CCC(CC(=O)O)C2. The number of para-hydroxylation sites is 1. The molecule has 0 saturated heterocycles. The summed E-state index contributed by atoms with van der Waals surface area (Å²) in [5.41, 5.74) is 1.76. The number of methoxy groups -OCH3 is 1. The highest BCUT2D eigenvalue weighted by atomic mass is 16.5. The van der Waals surface area contributed by atoms with Crippen molar-refractivity contribution in [1.82, 2.24) is 0 Å². The van der Waals surface area contributed by atoms with Gasteiger partial charge in [0.1, 0.15) is 5.75 Å². The molecule has 20 heavy (non-hydrogen) atoms. The molecule has 1 aliphatic heterocycles. The molecule has 1 aliphatic rings. The van der Waals surface area contributed by atoms with Crippen LogP contribution in [0.1, 0.15) is 25.3 Å². The van der Waals surface area contributed by atoms with E-state index < -0.39 is 5.97 Å². The van der Waals surface area contributed by atoms with Crippen LogP contribution in [0, 0.1) is 5.92 Å². The van der Waals surface area contributed by atoms with Crippen molar-refractivity contribution in [2.75, 3.05) is 18.6 Å². The summed E-state index contributed by atoms with van der Waals surface area (Å²) >= 11 is 0. The first-order valence-corrected chi connectivity index (χ1v) is 6.68.